The van der Waals surface area contributed by atoms with Crippen molar-refractivity contribution in [2.75, 3.05) is 13.7 Å². The lowest BCUT2D eigenvalue weighted by molar-refractivity contribution is 0.0526. The standard InChI is InChI=1S/C21H19BrO6/c1-5-26-21(24)16-12(3)27-19-11(2)10-15(18(22)17(16)19)28-20(23)13-6-8-14(25-4)9-7-13/h6-10H,5H2,1-4H3. The van der Waals surface area contributed by atoms with Crippen molar-refractivity contribution >= 4 is 38.8 Å². The van der Waals surface area contributed by atoms with Gasteiger partial charge in [-0.15, -0.1) is 0 Å². The average molecular weight is 447 g/mol. The number of benzene rings is 2. The molecular formula is C21H19BrO6. The van der Waals surface area contributed by atoms with E-state index in [0.717, 1.165) is 5.56 Å². The fourth-order valence-corrected chi connectivity index (χ4v) is 3.46. The minimum Gasteiger partial charge on any atom is -0.497 e. The van der Waals surface area contributed by atoms with Crippen molar-refractivity contribution in [2.45, 2.75) is 20.8 Å². The zero-order chi connectivity index (χ0) is 20.4. The topological polar surface area (TPSA) is 75.0 Å². The van der Waals surface area contributed by atoms with E-state index in [4.69, 9.17) is 18.6 Å². The predicted molar refractivity (Wildman–Crippen MR) is 107 cm³/mol. The molecule has 0 fully saturated rings. The maximum atomic E-state index is 12.5. The normalized spacial score (nSPS) is 10.8. The lowest BCUT2D eigenvalue weighted by Crippen LogP contribution is -2.09. The molecule has 6 nitrogen and oxygen atoms in total. The van der Waals surface area contributed by atoms with E-state index in [1.165, 1.54) is 0 Å². The van der Waals surface area contributed by atoms with Crippen molar-refractivity contribution in [1.82, 2.24) is 0 Å². The van der Waals surface area contributed by atoms with Gasteiger partial charge in [0.25, 0.3) is 0 Å². The Labute approximate surface area is 170 Å². The minimum absolute atomic E-state index is 0.244. The minimum atomic E-state index is -0.528. The van der Waals surface area contributed by atoms with E-state index in [1.807, 2.05) is 6.92 Å². The van der Waals surface area contributed by atoms with Crippen molar-refractivity contribution in [2.24, 2.45) is 0 Å². The second-order valence-corrected chi connectivity index (χ2v) is 6.87. The molecule has 0 unspecified atom stereocenters. The molecule has 3 rings (SSSR count). The Balaban J connectivity index is 2.04. The van der Waals surface area contributed by atoms with Gasteiger partial charge in [-0.3, -0.25) is 0 Å². The van der Waals surface area contributed by atoms with Crippen LogP contribution in [-0.4, -0.2) is 25.7 Å². The van der Waals surface area contributed by atoms with Gasteiger partial charge in [0.1, 0.15) is 28.4 Å². The molecule has 0 aliphatic carbocycles. The van der Waals surface area contributed by atoms with E-state index in [1.54, 1.807) is 51.3 Å². The van der Waals surface area contributed by atoms with Gasteiger partial charge in [0.05, 0.1) is 29.1 Å². The first-order chi connectivity index (χ1) is 13.4. The van der Waals surface area contributed by atoms with Gasteiger partial charge in [0.15, 0.2) is 0 Å². The second-order valence-electron chi connectivity index (χ2n) is 6.08. The van der Waals surface area contributed by atoms with Crippen molar-refractivity contribution in [1.29, 1.82) is 0 Å². The molecule has 0 aliphatic rings. The fraction of sp³-hybridized carbons (Fsp3) is 0.238. The highest BCUT2D eigenvalue weighted by atomic mass is 79.9. The van der Waals surface area contributed by atoms with Gasteiger partial charge >= 0.3 is 11.9 Å². The molecule has 0 atom stereocenters. The van der Waals surface area contributed by atoms with Crippen molar-refractivity contribution < 1.29 is 28.2 Å². The number of rotatable bonds is 5. The number of methoxy groups -OCH3 is 1. The molecule has 0 radical (unpaired) electrons. The maximum absolute atomic E-state index is 12.5. The molecule has 1 heterocycles. The number of hydrogen-bond acceptors (Lipinski definition) is 6. The van der Waals surface area contributed by atoms with E-state index in [0.29, 0.717) is 38.1 Å². The fourth-order valence-electron chi connectivity index (χ4n) is 2.89. The highest BCUT2D eigenvalue weighted by Crippen LogP contribution is 2.40. The van der Waals surface area contributed by atoms with Crippen LogP contribution in [0.1, 0.15) is 39.0 Å². The Morgan fingerprint density at radius 2 is 1.79 bits per heavy atom. The molecule has 146 valence electrons. The third kappa shape index (κ3) is 3.62. The Kier molecular flexibility index (Phi) is 5.74. The first-order valence-electron chi connectivity index (χ1n) is 8.62. The first-order valence-corrected chi connectivity index (χ1v) is 9.42. The molecule has 0 N–H and O–H groups in total. The number of hydrogen-bond donors (Lipinski definition) is 0. The molecule has 3 aromatic rings. The SMILES string of the molecule is CCOC(=O)c1c(C)oc2c(C)cc(OC(=O)c3ccc(OC)cc3)c(Br)c12. The molecule has 0 aliphatic heterocycles. The number of esters is 2. The quantitative estimate of drug-likeness (QED) is 0.395. The molecule has 1 aromatic heterocycles. The van der Waals surface area contributed by atoms with Crippen LogP contribution < -0.4 is 9.47 Å². The van der Waals surface area contributed by atoms with Crippen molar-refractivity contribution in [3.05, 3.63) is 57.3 Å². The van der Waals surface area contributed by atoms with E-state index in [9.17, 15) is 9.59 Å². The van der Waals surface area contributed by atoms with E-state index in [-0.39, 0.29) is 12.4 Å². The lowest BCUT2D eigenvalue weighted by atomic mass is 10.1. The van der Waals surface area contributed by atoms with Gasteiger partial charge in [0, 0.05) is 0 Å². The summed E-state index contributed by atoms with van der Waals surface area (Å²) in [6.07, 6.45) is 0. The summed E-state index contributed by atoms with van der Waals surface area (Å²) in [5.41, 5.74) is 1.96. The number of carbonyl (C=O) groups is 2. The molecular weight excluding hydrogens is 428 g/mol. The van der Waals surface area contributed by atoms with Crippen molar-refractivity contribution in [3.8, 4) is 11.5 Å². The van der Waals surface area contributed by atoms with Gasteiger partial charge in [-0.25, -0.2) is 9.59 Å². The molecule has 28 heavy (non-hydrogen) atoms. The van der Waals surface area contributed by atoms with Crippen LogP contribution in [0.15, 0.2) is 39.2 Å². The lowest BCUT2D eigenvalue weighted by Gasteiger charge is -2.10. The van der Waals surface area contributed by atoms with E-state index in [2.05, 4.69) is 15.9 Å². The Bertz CT molecular complexity index is 1050. The summed E-state index contributed by atoms with van der Waals surface area (Å²) in [5.74, 6) is 0.355. The summed E-state index contributed by atoms with van der Waals surface area (Å²) in [7, 11) is 1.55. The second kappa shape index (κ2) is 8.06. The summed E-state index contributed by atoms with van der Waals surface area (Å²) >= 11 is 3.46. The van der Waals surface area contributed by atoms with Crippen molar-refractivity contribution in [3.63, 3.8) is 0 Å². The summed E-state index contributed by atoms with van der Waals surface area (Å²) in [4.78, 5) is 24.9. The van der Waals surface area contributed by atoms with Gasteiger partial charge in [-0.05, 0) is 72.6 Å². The Morgan fingerprint density at radius 3 is 2.39 bits per heavy atom. The highest BCUT2D eigenvalue weighted by molar-refractivity contribution is 9.10. The van der Waals surface area contributed by atoms with Crippen LogP contribution in [0.3, 0.4) is 0 Å². The summed E-state index contributed by atoms with van der Waals surface area (Å²) in [6, 6.07) is 8.28. The van der Waals surface area contributed by atoms with Crippen LogP contribution in [0.25, 0.3) is 11.0 Å². The Hall–Kier alpha value is -2.80. The number of aryl methyl sites for hydroxylation is 2. The summed E-state index contributed by atoms with van der Waals surface area (Å²) < 4.78 is 22.0. The highest BCUT2D eigenvalue weighted by Gasteiger charge is 2.25. The molecule has 0 saturated carbocycles. The zero-order valence-electron chi connectivity index (χ0n) is 15.9. The van der Waals surface area contributed by atoms with E-state index < -0.39 is 11.9 Å². The zero-order valence-corrected chi connectivity index (χ0v) is 17.5. The number of halogens is 1. The number of fused-ring (bicyclic) bond motifs is 1. The molecule has 0 bridgehead atoms. The molecule has 0 amide bonds. The average Bonchev–Trinajstić information content (AvgIpc) is 3.04. The smallest absolute Gasteiger partial charge is 0.343 e. The molecule has 0 spiro atoms. The van der Waals surface area contributed by atoms with Crippen LogP contribution >= 0.6 is 15.9 Å². The number of carbonyl (C=O) groups excluding carboxylic acids is 2. The van der Waals surface area contributed by atoms with Gasteiger partial charge in [-0.1, -0.05) is 0 Å². The van der Waals surface area contributed by atoms with Gasteiger partial charge in [0.2, 0.25) is 0 Å². The van der Waals surface area contributed by atoms with Crippen LogP contribution in [-0.2, 0) is 4.74 Å². The molecule has 2 aromatic carbocycles. The maximum Gasteiger partial charge on any atom is 0.343 e. The van der Waals surface area contributed by atoms with Crippen LogP contribution in [0, 0.1) is 13.8 Å². The summed E-state index contributed by atoms with van der Waals surface area (Å²) in [6.45, 7) is 5.49. The van der Waals surface area contributed by atoms with Gasteiger partial charge < -0.3 is 18.6 Å². The molecule has 0 saturated heterocycles. The van der Waals surface area contributed by atoms with Crippen LogP contribution in [0.5, 0.6) is 11.5 Å². The van der Waals surface area contributed by atoms with Crippen LogP contribution in [0.4, 0.5) is 0 Å². The summed E-state index contributed by atoms with van der Waals surface area (Å²) in [5, 5.41) is 0.522. The number of furan rings is 1. The monoisotopic (exact) mass is 446 g/mol. The van der Waals surface area contributed by atoms with Crippen LogP contribution in [0.2, 0.25) is 0 Å². The number of ether oxygens (including phenoxy) is 3. The predicted octanol–water partition coefficient (Wildman–Crippen LogP) is 5.22. The van der Waals surface area contributed by atoms with Gasteiger partial charge in [-0.2, -0.15) is 0 Å². The molecule has 7 heteroatoms. The van der Waals surface area contributed by atoms with E-state index >= 15 is 0 Å². The third-order valence-corrected chi connectivity index (χ3v) is 5.02. The Morgan fingerprint density at radius 1 is 1.11 bits per heavy atom. The largest absolute Gasteiger partial charge is 0.497 e. The third-order valence-electron chi connectivity index (χ3n) is 4.23. The first kappa shape index (κ1) is 19.9.